The highest BCUT2D eigenvalue weighted by atomic mass is 35.5. The van der Waals surface area contributed by atoms with E-state index in [-0.39, 0.29) is 30.7 Å². The average Bonchev–Trinajstić information content (AvgIpc) is 2.90. The summed E-state index contributed by atoms with van der Waals surface area (Å²) < 4.78 is 0. The van der Waals surface area contributed by atoms with Crippen LogP contribution in [0.4, 0.5) is 5.82 Å². The standard InChI is InChI=1S/C15H24N4O.2ClH/c1-12-5-8-19(11-12)14-10-13(4-6-17-14)15(20)18(3)9-7-16-2;;/h4,6,10,12,16H,5,7-9,11H2,1-3H3;2*1H. The normalized spacial score (nSPS) is 16.7. The number of hydrogen-bond donors (Lipinski definition) is 1. The highest BCUT2D eigenvalue weighted by Crippen LogP contribution is 2.22. The van der Waals surface area contributed by atoms with Crippen LogP contribution in [0.15, 0.2) is 18.3 Å². The van der Waals surface area contributed by atoms with Crippen molar-refractivity contribution in [3.63, 3.8) is 0 Å². The summed E-state index contributed by atoms with van der Waals surface area (Å²) >= 11 is 0. The van der Waals surface area contributed by atoms with E-state index in [9.17, 15) is 4.79 Å². The maximum absolute atomic E-state index is 12.3. The second-order valence-electron chi connectivity index (χ2n) is 5.57. The first-order valence-electron chi connectivity index (χ1n) is 7.23. The molecule has 1 aliphatic heterocycles. The van der Waals surface area contributed by atoms with E-state index in [1.54, 1.807) is 17.2 Å². The van der Waals surface area contributed by atoms with Crippen LogP contribution < -0.4 is 10.2 Å². The molecule has 0 aromatic carbocycles. The summed E-state index contributed by atoms with van der Waals surface area (Å²) in [5, 5.41) is 3.05. The Balaban J connectivity index is 0.00000220. The lowest BCUT2D eigenvalue weighted by Gasteiger charge is -2.20. The monoisotopic (exact) mass is 348 g/mol. The zero-order valence-corrected chi connectivity index (χ0v) is 15.0. The van der Waals surface area contributed by atoms with Crippen molar-refractivity contribution in [3.8, 4) is 0 Å². The van der Waals surface area contributed by atoms with Crippen LogP contribution in [0.1, 0.15) is 23.7 Å². The number of halogens is 2. The van der Waals surface area contributed by atoms with Crippen molar-refractivity contribution in [1.29, 1.82) is 0 Å². The fraction of sp³-hybridized carbons (Fsp3) is 0.600. The van der Waals surface area contributed by atoms with E-state index >= 15 is 0 Å². The van der Waals surface area contributed by atoms with E-state index < -0.39 is 0 Å². The van der Waals surface area contributed by atoms with E-state index in [2.05, 4.69) is 22.1 Å². The molecule has 2 heterocycles. The third-order valence-corrected chi connectivity index (χ3v) is 3.78. The van der Waals surface area contributed by atoms with Gasteiger partial charge in [-0.2, -0.15) is 0 Å². The molecule has 1 N–H and O–H groups in total. The number of pyridine rings is 1. The van der Waals surface area contributed by atoms with Crippen molar-refractivity contribution in [2.75, 3.05) is 45.2 Å². The molecule has 7 heteroatoms. The van der Waals surface area contributed by atoms with Gasteiger partial charge >= 0.3 is 0 Å². The Morgan fingerprint density at radius 2 is 2.23 bits per heavy atom. The summed E-state index contributed by atoms with van der Waals surface area (Å²) in [6.45, 7) is 5.81. The number of rotatable bonds is 5. The second kappa shape index (κ2) is 9.87. The summed E-state index contributed by atoms with van der Waals surface area (Å²) in [6.07, 6.45) is 2.93. The lowest BCUT2D eigenvalue weighted by atomic mass is 10.2. The number of nitrogens with one attached hydrogen (secondary N) is 1. The van der Waals surface area contributed by atoms with Crippen LogP contribution >= 0.6 is 24.8 Å². The summed E-state index contributed by atoms with van der Waals surface area (Å²) in [7, 11) is 3.72. The van der Waals surface area contributed by atoms with Crippen LogP contribution in [-0.2, 0) is 0 Å². The molecule has 22 heavy (non-hydrogen) atoms. The molecule has 2 rings (SSSR count). The predicted octanol–water partition coefficient (Wildman–Crippen LogP) is 2.06. The Bertz CT molecular complexity index is 473. The minimum absolute atomic E-state index is 0. The van der Waals surface area contributed by atoms with Gasteiger partial charge in [0.25, 0.3) is 5.91 Å². The fourth-order valence-corrected chi connectivity index (χ4v) is 2.47. The smallest absolute Gasteiger partial charge is 0.253 e. The number of amides is 1. The number of likely N-dealkylation sites (N-methyl/N-ethyl adjacent to an activating group) is 2. The van der Waals surface area contributed by atoms with Gasteiger partial charge in [-0.1, -0.05) is 6.92 Å². The molecule has 1 unspecified atom stereocenters. The third-order valence-electron chi connectivity index (χ3n) is 3.78. The van der Waals surface area contributed by atoms with Crippen LogP contribution in [0, 0.1) is 5.92 Å². The zero-order valence-electron chi connectivity index (χ0n) is 13.4. The van der Waals surface area contributed by atoms with Gasteiger partial charge in [-0.25, -0.2) is 4.98 Å². The lowest BCUT2D eigenvalue weighted by molar-refractivity contribution is 0.0797. The molecule has 0 aliphatic carbocycles. The Morgan fingerprint density at radius 3 is 2.82 bits per heavy atom. The Kier molecular flexibility index (Phi) is 9.41. The van der Waals surface area contributed by atoms with Gasteiger partial charge in [0.1, 0.15) is 5.82 Å². The molecule has 1 amide bonds. The Morgan fingerprint density at radius 1 is 1.50 bits per heavy atom. The first kappa shape index (κ1) is 21.0. The molecule has 1 fully saturated rings. The van der Waals surface area contributed by atoms with E-state index in [0.29, 0.717) is 18.0 Å². The second-order valence-corrected chi connectivity index (χ2v) is 5.57. The summed E-state index contributed by atoms with van der Waals surface area (Å²) in [6, 6.07) is 3.71. The third kappa shape index (κ3) is 5.30. The lowest BCUT2D eigenvalue weighted by Crippen LogP contribution is -2.33. The molecule has 0 radical (unpaired) electrons. The molecule has 1 aliphatic rings. The van der Waals surface area contributed by atoms with Crippen molar-refractivity contribution in [3.05, 3.63) is 23.9 Å². The minimum atomic E-state index is 0. The van der Waals surface area contributed by atoms with Crippen molar-refractivity contribution in [2.24, 2.45) is 5.92 Å². The molecule has 1 atom stereocenters. The number of carbonyl (C=O) groups excluding carboxylic acids is 1. The Hall–Kier alpha value is -1.04. The van der Waals surface area contributed by atoms with Crippen LogP contribution in [0.25, 0.3) is 0 Å². The summed E-state index contributed by atoms with van der Waals surface area (Å²) in [5.74, 6) is 1.67. The number of nitrogens with zero attached hydrogens (tertiary/aromatic N) is 3. The summed E-state index contributed by atoms with van der Waals surface area (Å²) in [5.41, 5.74) is 0.716. The number of carbonyl (C=O) groups is 1. The van der Waals surface area contributed by atoms with Gasteiger partial charge in [0.05, 0.1) is 0 Å². The Labute approximate surface area is 145 Å². The number of anilines is 1. The zero-order chi connectivity index (χ0) is 14.5. The van der Waals surface area contributed by atoms with E-state index in [1.807, 2.05) is 20.2 Å². The average molecular weight is 349 g/mol. The van der Waals surface area contributed by atoms with Crippen molar-refractivity contribution in [2.45, 2.75) is 13.3 Å². The maximum atomic E-state index is 12.3. The SMILES string of the molecule is CNCCN(C)C(=O)c1ccnc(N2CCC(C)C2)c1.Cl.Cl. The van der Waals surface area contributed by atoms with Gasteiger partial charge in [0.15, 0.2) is 0 Å². The van der Waals surface area contributed by atoms with Gasteiger partial charge in [-0.15, -0.1) is 24.8 Å². The van der Waals surface area contributed by atoms with E-state index in [1.165, 1.54) is 6.42 Å². The van der Waals surface area contributed by atoms with Crippen LogP contribution in [0.3, 0.4) is 0 Å². The largest absolute Gasteiger partial charge is 0.356 e. The predicted molar refractivity (Wildman–Crippen MR) is 95.6 cm³/mol. The molecule has 0 spiro atoms. The number of hydrogen-bond acceptors (Lipinski definition) is 4. The van der Waals surface area contributed by atoms with Crippen LogP contribution in [0.5, 0.6) is 0 Å². The van der Waals surface area contributed by atoms with E-state index in [0.717, 1.165) is 25.5 Å². The molecule has 1 saturated heterocycles. The maximum Gasteiger partial charge on any atom is 0.253 e. The summed E-state index contributed by atoms with van der Waals surface area (Å²) in [4.78, 5) is 20.7. The van der Waals surface area contributed by atoms with Crippen LogP contribution in [0.2, 0.25) is 0 Å². The van der Waals surface area contributed by atoms with Crippen molar-refractivity contribution >= 4 is 36.5 Å². The molecule has 0 bridgehead atoms. The van der Waals surface area contributed by atoms with Crippen molar-refractivity contribution in [1.82, 2.24) is 15.2 Å². The number of aromatic nitrogens is 1. The van der Waals surface area contributed by atoms with E-state index in [4.69, 9.17) is 0 Å². The molecular weight excluding hydrogens is 323 g/mol. The van der Waals surface area contributed by atoms with Gasteiger partial charge in [0.2, 0.25) is 0 Å². The first-order chi connectivity index (χ1) is 9.61. The molecule has 0 saturated carbocycles. The molecule has 1 aromatic heterocycles. The minimum Gasteiger partial charge on any atom is -0.356 e. The van der Waals surface area contributed by atoms with Gasteiger partial charge in [-0.05, 0) is 31.5 Å². The van der Waals surface area contributed by atoms with Gasteiger partial charge < -0.3 is 15.1 Å². The first-order valence-corrected chi connectivity index (χ1v) is 7.23. The molecular formula is C15H26Cl2N4O. The highest BCUT2D eigenvalue weighted by molar-refractivity contribution is 5.94. The quantitative estimate of drug-likeness (QED) is 0.884. The molecule has 5 nitrogen and oxygen atoms in total. The fourth-order valence-electron chi connectivity index (χ4n) is 2.47. The topological polar surface area (TPSA) is 48.5 Å². The molecule has 126 valence electrons. The van der Waals surface area contributed by atoms with Crippen LogP contribution in [-0.4, -0.2) is 56.1 Å². The molecule has 1 aromatic rings. The van der Waals surface area contributed by atoms with Gasteiger partial charge in [-0.3, -0.25) is 4.79 Å². The van der Waals surface area contributed by atoms with Gasteiger partial charge in [0, 0.05) is 45.0 Å². The highest BCUT2D eigenvalue weighted by Gasteiger charge is 2.21. The van der Waals surface area contributed by atoms with Crippen molar-refractivity contribution < 1.29 is 4.79 Å².